The van der Waals surface area contributed by atoms with Gasteiger partial charge in [0.2, 0.25) is 0 Å². The fraction of sp³-hybridized carbons (Fsp3) is 0.500. The Hall–Kier alpha value is -1.60. The van der Waals surface area contributed by atoms with E-state index < -0.39 is 22.4 Å². The van der Waals surface area contributed by atoms with E-state index in [1.165, 1.54) is 6.07 Å². The summed E-state index contributed by atoms with van der Waals surface area (Å²) in [5.41, 5.74) is 0.275. The van der Waals surface area contributed by atoms with E-state index in [1.807, 2.05) is 0 Å². The molecule has 0 unspecified atom stereocenters. The van der Waals surface area contributed by atoms with Crippen LogP contribution in [0.15, 0.2) is 24.3 Å². The highest BCUT2D eigenvalue weighted by Gasteiger charge is 2.42. The maximum atomic E-state index is 12.5. The van der Waals surface area contributed by atoms with Crippen molar-refractivity contribution in [1.82, 2.24) is 4.90 Å². The molecule has 8 heteroatoms. The van der Waals surface area contributed by atoms with Crippen LogP contribution in [0.1, 0.15) is 29.6 Å². The molecule has 3 rings (SSSR count). The third-order valence-electron chi connectivity index (χ3n) is 4.22. The third-order valence-corrected chi connectivity index (χ3v) is 6.20. The van der Waals surface area contributed by atoms with Gasteiger partial charge in [0.25, 0.3) is 5.91 Å². The van der Waals surface area contributed by atoms with Crippen molar-refractivity contribution in [3.05, 3.63) is 34.9 Å². The van der Waals surface area contributed by atoms with E-state index in [0.29, 0.717) is 11.4 Å². The SMILES string of the molecule is O=C(OCC(=O)N(C1CC1)[C@H]1CCS(=O)(=O)C1)c1cccc(Cl)c1. The number of halogens is 1. The smallest absolute Gasteiger partial charge is 0.338 e. The zero-order valence-corrected chi connectivity index (χ0v) is 14.6. The molecule has 1 saturated heterocycles. The lowest BCUT2D eigenvalue weighted by molar-refractivity contribution is -0.137. The van der Waals surface area contributed by atoms with Crippen molar-refractivity contribution in [1.29, 1.82) is 0 Å². The van der Waals surface area contributed by atoms with Gasteiger partial charge in [0.05, 0.1) is 17.1 Å². The number of esters is 1. The molecule has 1 aliphatic heterocycles. The standard InChI is InChI=1S/C16H18ClNO5S/c17-12-3-1-2-11(8-12)16(20)23-9-15(19)18(13-4-5-13)14-6-7-24(21,22)10-14/h1-3,8,13-14H,4-7,9-10H2/t14-/m0/s1. The number of carbonyl (C=O) groups excluding carboxylic acids is 2. The summed E-state index contributed by atoms with van der Waals surface area (Å²) in [4.78, 5) is 26.0. The Labute approximate surface area is 145 Å². The molecule has 24 heavy (non-hydrogen) atoms. The first-order chi connectivity index (χ1) is 11.4. The summed E-state index contributed by atoms with van der Waals surface area (Å²) < 4.78 is 28.4. The van der Waals surface area contributed by atoms with Crippen LogP contribution in [0, 0.1) is 0 Å². The molecule has 1 aromatic carbocycles. The lowest BCUT2D eigenvalue weighted by Crippen LogP contribution is -2.44. The van der Waals surface area contributed by atoms with Crippen molar-refractivity contribution in [2.45, 2.75) is 31.3 Å². The van der Waals surface area contributed by atoms with Crippen molar-refractivity contribution in [2.75, 3.05) is 18.1 Å². The minimum atomic E-state index is -3.08. The van der Waals surface area contributed by atoms with Gasteiger partial charge in [-0.05, 0) is 37.5 Å². The first kappa shape index (κ1) is 17.2. The number of nitrogens with zero attached hydrogens (tertiary/aromatic N) is 1. The van der Waals surface area contributed by atoms with E-state index in [9.17, 15) is 18.0 Å². The van der Waals surface area contributed by atoms with Crippen LogP contribution in [0.3, 0.4) is 0 Å². The number of carbonyl (C=O) groups is 2. The van der Waals surface area contributed by atoms with Crippen LogP contribution < -0.4 is 0 Å². The van der Waals surface area contributed by atoms with E-state index in [2.05, 4.69) is 0 Å². The lowest BCUT2D eigenvalue weighted by Gasteiger charge is -2.28. The van der Waals surface area contributed by atoms with Crippen molar-refractivity contribution in [2.24, 2.45) is 0 Å². The summed E-state index contributed by atoms with van der Waals surface area (Å²) in [5.74, 6) is -0.857. The van der Waals surface area contributed by atoms with E-state index in [-0.39, 0.29) is 35.1 Å². The van der Waals surface area contributed by atoms with Crippen LogP contribution in [0.5, 0.6) is 0 Å². The maximum Gasteiger partial charge on any atom is 0.338 e. The molecule has 2 fully saturated rings. The van der Waals surface area contributed by atoms with Gasteiger partial charge in [0, 0.05) is 17.1 Å². The van der Waals surface area contributed by atoms with Gasteiger partial charge in [-0.25, -0.2) is 13.2 Å². The summed E-state index contributed by atoms with van der Waals surface area (Å²) in [6.07, 6.45) is 2.18. The monoisotopic (exact) mass is 371 g/mol. The summed E-state index contributed by atoms with van der Waals surface area (Å²) in [6.45, 7) is -0.390. The molecule has 130 valence electrons. The number of benzene rings is 1. The molecule has 1 amide bonds. The van der Waals surface area contributed by atoms with Gasteiger partial charge in [-0.15, -0.1) is 0 Å². The van der Waals surface area contributed by atoms with E-state index in [4.69, 9.17) is 16.3 Å². The van der Waals surface area contributed by atoms with Crippen LogP contribution in [0.25, 0.3) is 0 Å². The molecule has 1 aromatic rings. The highest BCUT2D eigenvalue weighted by Crippen LogP contribution is 2.32. The molecule has 1 atom stereocenters. The lowest BCUT2D eigenvalue weighted by atomic mass is 10.2. The number of amides is 1. The fourth-order valence-electron chi connectivity index (χ4n) is 2.95. The number of hydrogen-bond donors (Lipinski definition) is 0. The number of rotatable bonds is 5. The molecule has 1 aliphatic carbocycles. The average molecular weight is 372 g/mol. The molecule has 1 saturated carbocycles. The maximum absolute atomic E-state index is 12.5. The van der Waals surface area contributed by atoms with Crippen LogP contribution >= 0.6 is 11.6 Å². The molecular weight excluding hydrogens is 354 g/mol. The van der Waals surface area contributed by atoms with Crippen molar-refractivity contribution in [3.8, 4) is 0 Å². The first-order valence-corrected chi connectivity index (χ1v) is 10.00. The van der Waals surface area contributed by atoms with Crippen LogP contribution in [-0.4, -0.2) is 55.4 Å². The second kappa shape index (κ2) is 6.72. The molecule has 0 N–H and O–H groups in total. The van der Waals surface area contributed by atoms with E-state index >= 15 is 0 Å². The molecule has 1 heterocycles. The van der Waals surface area contributed by atoms with Gasteiger partial charge in [0.1, 0.15) is 0 Å². The minimum Gasteiger partial charge on any atom is -0.452 e. The van der Waals surface area contributed by atoms with Gasteiger partial charge >= 0.3 is 5.97 Å². The van der Waals surface area contributed by atoms with Gasteiger partial charge in [-0.3, -0.25) is 4.79 Å². The van der Waals surface area contributed by atoms with Gasteiger partial charge in [-0.2, -0.15) is 0 Å². The average Bonchev–Trinajstić information content (AvgIpc) is 3.28. The Bertz CT molecular complexity index is 759. The second-order valence-corrected chi connectivity index (χ2v) is 8.84. The zero-order chi connectivity index (χ0) is 17.3. The van der Waals surface area contributed by atoms with Crippen molar-refractivity contribution < 1.29 is 22.7 Å². The Morgan fingerprint density at radius 2 is 1.96 bits per heavy atom. The van der Waals surface area contributed by atoms with E-state index in [0.717, 1.165) is 12.8 Å². The number of sulfone groups is 1. The second-order valence-electron chi connectivity index (χ2n) is 6.18. The normalized spacial score (nSPS) is 22.1. The van der Waals surface area contributed by atoms with Gasteiger partial charge < -0.3 is 9.64 Å². The highest BCUT2D eigenvalue weighted by atomic mass is 35.5. The molecule has 6 nitrogen and oxygen atoms in total. The molecule has 0 aromatic heterocycles. The summed E-state index contributed by atoms with van der Waals surface area (Å²) in [6, 6.07) is 6.05. The van der Waals surface area contributed by atoms with Crippen LogP contribution in [0.4, 0.5) is 0 Å². The fourth-order valence-corrected chi connectivity index (χ4v) is 4.86. The van der Waals surface area contributed by atoms with Gasteiger partial charge in [-0.1, -0.05) is 17.7 Å². The topological polar surface area (TPSA) is 80.8 Å². The number of hydrogen-bond acceptors (Lipinski definition) is 5. The summed E-state index contributed by atoms with van der Waals surface area (Å²) in [7, 11) is -3.08. The van der Waals surface area contributed by atoms with E-state index in [1.54, 1.807) is 23.1 Å². The van der Waals surface area contributed by atoms with Gasteiger partial charge in [0.15, 0.2) is 16.4 Å². The van der Waals surface area contributed by atoms with Crippen molar-refractivity contribution in [3.63, 3.8) is 0 Å². The van der Waals surface area contributed by atoms with Crippen LogP contribution in [0.2, 0.25) is 5.02 Å². The highest BCUT2D eigenvalue weighted by molar-refractivity contribution is 7.91. The largest absolute Gasteiger partial charge is 0.452 e. The molecule has 0 radical (unpaired) electrons. The Balaban J connectivity index is 1.61. The summed E-state index contributed by atoms with van der Waals surface area (Å²) >= 11 is 5.82. The van der Waals surface area contributed by atoms with Crippen molar-refractivity contribution >= 4 is 33.3 Å². The number of ether oxygens (including phenoxy) is 1. The molecule has 0 spiro atoms. The molecule has 0 bridgehead atoms. The predicted octanol–water partition coefficient (Wildman–Crippen LogP) is 1.67. The summed E-state index contributed by atoms with van der Waals surface area (Å²) in [5, 5.41) is 0.409. The van der Waals surface area contributed by atoms with Crippen LogP contribution in [-0.2, 0) is 19.4 Å². The molecular formula is C16H18ClNO5S. The third kappa shape index (κ3) is 4.08. The molecule has 2 aliphatic rings. The Morgan fingerprint density at radius 1 is 1.21 bits per heavy atom. The predicted molar refractivity (Wildman–Crippen MR) is 88.7 cm³/mol. The quantitative estimate of drug-likeness (QED) is 0.735. The minimum absolute atomic E-state index is 0.00250. The first-order valence-electron chi connectivity index (χ1n) is 7.80. The Morgan fingerprint density at radius 3 is 2.54 bits per heavy atom. The zero-order valence-electron chi connectivity index (χ0n) is 13.0. The Kier molecular flexibility index (Phi) is 4.83.